The fourth-order valence-electron chi connectivity index (χ4n) is 4.05. The summed E-state index contributed by atoms with van der Waals surface area (Å²) in [6.45, 7) is 1.32. The molecule has 1 fully saturated rings. The summed E-state index contributed by atoms with van der Waals surface area (Å²) in [6, 6.07) is 6.23. The molecule has 1 aliphatic heterocycles. The quantitative estimate of drug-likeness (QED) is 0.830. The predicted molar refractivity (Wildman–Crippen MR) is 97.7 cm³/mol. The van der Waals surface area contributed by atoms with E-state index in [-0.39, 0.29) is 11.7 Å². The first-order chi connectivity index (χ1) is 12.7. The third-order valence-electron chi connectivity index (χ3n) is 5.63. The Balaban J connectivity index is 1.40. The third kappa shape index (κ3) is 3.76. The van der Waals surface area contributed by atoms with Gasteiger partial charge in [0.15, 0.2) is 5.82 Å². The van der Waals surface area contributed by atoms with Crippen molar-refractivity contribution in [1.82, 2.24) is 14.9 Å². The number of rotatable bonds is 4. The monoisotopic (exact) mass is 353 g/mol. The molecule has 4 rings (SSSR count). The molecule has 2 heterocycles. The molecule has 26 heavy (non-hydrogen) atoms. The molecule has 0 bridgehead atoms. The zero-order valence-electron chi connectivity index (χ0n) is 15.0. The number of nitrogens with zero attached hydrogens (tertiary/aromatic N) is 3. The van der Waals surface area contributed by atoms with Crippen molar-refractivity contribution in [3.8, 4) is 11.4 Å². The van der Waals surface area contributed by atoms with Crippen molar-refractivity contribution in [2.24, 2.45) is 5.92 Å². The van der Waals surface area contributed by atoms with Crippen molar-refractivity contribution in [1.29, 1.82) is 0 Å². The highest BCUT2D eigenvalue weighted by molar-refractivity contribution is 5.76. The van der Waals surface area contributed by atoms with E-state index in [1.807, 2.05) is 11.1 Å². The summed E-state index contributed by atoms with van der Waals surface area (Å²) in [5.41, 5.74) is 2.83. The van der Waals surface area contributed by atoms with Gasteiger partial charge in [-0.25, -0.2) is 14.4 Å². The molecule has 2 aliphatic rings. The Morgan fingerprint density at radius 3 is 2.73 bits per heavy atom. The number of carbonyl (C=O) groups excluding carboxylic acids is 1. The van der Waals surface area contributed by atoms with Gasteiger partial charge in [-0.2, -0.15) is 0 Å². The Kier molecular flexibility index (Phi) is 4.96. The SMILES string of the molecule is O=C(CCC1CCCC1)N1CCc2nc(-c3ccc(F)cc3)ncc2C1. The highest BCUT2D eigenvalue weighted by Gasteiger charge is 2.24. The van der Waals surface area contributed by atoms with Crippen molar-refractivity contribution < 1.29 is 9.18 Å². The van der Waals surface area contributed by atoms with Gasteiger partial charge < -0.3 is 4.90 Å². The Labute approximate surface area is 153 Å². The molecule has 136 valence electrons. The maximum Gasteiger partial charge on any atom is 0.222 e. The topological polar surface area (TPSA) is 46.1 Å². The van der Waals surface area contributed by atoms with Crippen LogP contribution in [0, 0.1) is 11.7 Å². The zero-order valence-corrected chi connectivity index (χ0v) is 15.0. The number of fused-ring (bicyclic) bond motifs is 1. The third-order valence-corrected chi connectivity index (χ3v) is 5.63. The van der Waals surface area contributed by atoms with Gasteiger partial charge in [-0.05, 0) is 36.6 Å². The number of hydrogen-bond donors (Lipinski definition) is 0. The normalized spacial score (nSPS) is 17.3. The number of amides is 1. The van der Waals surface area contributed by atoms with Gasteiger partial charge in [0, 0.05) is 43.3 Å². The molecule has 2 aromatic rings. The number of aromatic nitrogens is 2. The lowest BCUT2D eigenvalue weighted by Crippen LogP contribution is -2.36. The van der Waals surface area contributed by atoms with Gasteiger partial charge >= 0.3 is 0 Å². The second-order valence-corrected chi connectivity index (χ2v) is 7.43. The first-order valence-corrected chi connectivity index (χ1v) is 9.57. The van der Waals surface area contributed by atoms with Crippen LogP contribution < -0.4 is 0 Å². The van der Waals surface area contributed by atoms with E-state index in [1.165, 1.54) is 37.8 Å². The van der Waals surface area contributed by atoms with Crippen LogP contribution in [0.15, 0.2) is 30.5 Å². The number of hydrogen-bond acceptors (Lipinski definition) is 3. The molecule has 0 radical (unpaired) electrons. The minimum Gasteiger partial charge on any atom is -0.338 e. The van der Waals surface area contributed by atoms with E-state index < -0.39 is 0 Å². The molecule has 1 aromatic carbocycles. The van der Waals surface area contributed by atoms with Gasteiger partial charge in [0.05, 0.1) is 5.69 Å². The average Bonchev–Trinajstić information content (AvgIpc) is 3.19. The average molecular weight is 353 g/mol. The molecule has 0 unspecified atom stereocenters. The number of carbonyl (C=O) groups is 1. The van der Waals surface area contributed by atoms with Crippen molar-refractivity contribution >= 4 is 5.91 Å². The molecule has 1 aromatic heterocycles. The maximum absolute atomic E-state index is 13.1. The van der Waals surface area contributed by atoms with Gasteiger partial charge in [0.25, 0.3) is 0 Å². The van der Waals surface area contributed by atoms with Crippen LogP contribution in [0.25, 0.3) is 11.4 Å². The number of benzene rings is 1. The molecule has 1 amide bonds. The van der Waals surface area contributed by atoms with Crippen LogP contribution in [0.4, 0.5) is 4.39 Å². The first kappa shape index (κ1) is 17.1. The summed E-state index contributed by atoms with van der Waals surface area (Å²) >= 11 is 0. The summed E-state index contributed by atoms with van der Waals surface area (Å²) in [5, 5.41) is 0. The van der Waals surface area contributed by atoms with Crippen molar-refractivity contribution in [3.05, 3.63) is 47.5 Å². The molecule has 0 atom stereocenters. The fourth-order valence-corrected chi connectivity index (χ4v) is 4.05. The van der Waals surface area contributed by atoms with E-state index in [4.69, 9.17) is 0 Å². The molecular formula is C21H24FN3O. The summed E-state index contributed by atoms with van der Waals surface area (Å²) < 4.78 is 13.1. The van der Waals surface area contributed by atoms with Gasteiger partial charge in [0.1, 0.15) is 5.82 Å². The molecule has 0 N–H and O–H groups in total. The Hall–Kier alpha value is -2.30. The lowest BCUT2D eigenvalue weighted by atomic mass is 10.0. The van der Waals surface area contributed by atoms with Crippen molar-refractivity contribution in [2.45, 2.75) is 51.5 Å². The lowest BCUT2D eigenvalue weighted by Gasteiger charge is -2.28. The molecule has 1 aliphatic carbocycles. The van der Waals surface area contributed by atoms with E-state index in [1.54, 1.807) is 12.1 Å². The first-order valence-electron chi connectivity index (χ1n) is 9.57. The molecule has 0 spiro atoms. The molecule has 0 saturated heterocycles. The van der Waals surface area contributed by atoms with E-state index in [9.17, 15) is 9.18 Å². The van der Waals surface area contributed by atoms with Crippen molar-refractivity contribution in [3.63, 3.8) is 0 Å². The summed E-state index contributed by atoms with van der Waals surface area (Å²) in [6.07, 6.45) is 9.48. The molecule has 1 saturated carbocycles. The summed E-state index contributed by atoms with van der Waals surface area (Å²) in [5.74, 6) is 1.35. The Morgan fingerprint density at radius 1 is 1.19 bits per heavy atom. The zero-order chi connectivity index (χ0) is 17.9. The van der Waals surface area contributed by atoms with Crippen LogP contribution in [0.1, 0.15) is 49.8 Å². The molecule has 5 heteroatoms. The standard InChI is InChI=1S/C21H24FN3O/c22-18-8-6-16(7-9-18)21-23-13-17-14-25(12-11-19(17)24-21)20(26)10-5-15-3-1-2-4-15/h6-9,13,15H,1-5,10-12,14H2. The molecule has 4 nitrogen and oxygen atoms in total. The minimum atomic E-state index is -0.265. The second-order valence-electron chi connectivity index (χ2n) is 7.43. The van der Waals surface area contributed by atoms with E-state index >= 15 is 0 Å². The summed E-state index contributed by atoms with van der Waals surface area (Å²) in [7, 11) is 0. The number of halogens is 1. The van der Waals surface area contributed by atoms with E-state index in [2.05, 4.69) is 9.97 Å². The van der Waals surface area contributed by atoms with Gasteiger partial charge in [-0.1, -0.05) is 25.7 Å². The van der Waals surface area contributed by atoms with Gasteiger partial charge in [0.2, 0.25) is 5.91 Å². The van der Waals surface area contributed by atoms with Crippen LogP contribution in [0.3, 0.4) is 0 Å². The highest BCUT2D eigenvalue weighted by Crippen LogP contribution is 2.29. The van der Waals surface area contributed by atoms with Crippen molar-refractivity contribution in [2.75, 3.05) is 6.54 Å². The lowest BCUT2D eigenvalue weighted by molar-refractivity contribution is -0.132. The highest BCUT2D eigenvalue weighted by atomic mass is 19.1. The van der Waals surface area contributed by atoms with Gasteiger partial charge in [-0.15, -0.1) is 0 Å². The predicted octanol–water partition coefficient (Wildman–Crippen LogP) is 4.14. The summed E-state index contributed by atoms with van der Waals surface area (Å²) in [4.78, 5) is 23.5. The second kappa shape index (κ2) is 7.52. The maximum atomic E-state index is 13.1. The Bertz CT molecular complexity index is 784. The van der Waals surface area contributed by atoms with E-state index in [0.29, 0.717) is 18.8 Å². The van der Waals surface area contributed by atoms with Crippen LogP contribution in [-0.2, 0) is 17.8 Å². The van der Waals surface area contributed by atoms with Crippen LogP contribution in [-0.4, -0.2) is 27.3 Å². The minimum absolute atomic E-state index is 0.255. The van der Waals surface area contributed by atoms with Crippen LogP contribution >= 0.6 is 0 Å². The van der Waals surface area contributed by atoms with Crippen LogP contribution in [0.2, 0.25) is 0 Å². The fraction of sp³-hybridized carbons (Fsp3) is 0.476. The Morgan fingerprint density at radius 2 is 1.96 bits per heavy atom. The largest absolute Gasteiger partial charge is 0.338 e. The smallest absolute Gasteiger partial charge is 0.222 e. The van der Waals surface area contributed by atoms with E-state index in [0.717, 1.165) is 42.1 Å². The van der Waals surface area contributed by atoms with Gasteiger partial charge in [-0.3, -0.25) is 4.79 Å². The molecular weight excluding hydrogens is 329 g/mol. The van der Waals surface area contributed by atoms with Crippen LogP contribution in [0.5, 0.6) is 0 Å².